The van der Waals surface area contributed by atoms with Gasteiger partial charge in [-0.2, -0.15) is 4.31 Å². The molecular formula is C18H26N4O4S. The lowest BCUT2D eigenvalue weighted by atomic mass is 10.0. The van der Waals surface area contributed by atoms with Crippen LogP contribution in [0.4, 0.5) is 5.82 Å². The highest BCUT2D eigenvalue weighted by Gasteiger charge is 2.35. The summed E-state index contributed by atoms with van der Waals surface area (Å²) in [6.45, 7) is 8.46. The van der Waals surface area contributed by atoms with Crippen molar-refractivity contribution in [2.45, 2.75) is 36.7 Å². The minimum Gasteiger partial charge on any atom is -0.378 e. The first-order valence-electron chi connectivity index (χ1n) is 9.15. The van der Waals surface area contributed by atoms with E-state index in [1.807, 2.05) is 6.92 Å². The molecule has 2 saturated heterocycles. The molecule has 3 heterocycles. The van der Waals surface area contributed by atoms with Crippen molar-refractivity contribution in [3.63, 3.8) is 0 Å². The van der Waals surface area contributed by atoms with Crippen molar-refractivity contribution in [2.24, 2.45) is 0 Å². The summed E-state index contributed by atoms with van der Waals surface area (Å²) < 4.78 is 32.9. The molecule has 1 aromatic heterocycles. The summed E-state index contributed by atoms with van der Waals surface area (Å²) in [5.41, 5.74) is 0. The van der Waals surface area contributed by atoms with E-state index in [9.17, 15) is 13.2 Å². The first-order valence-corrected chi connectivity index (χ1v) is 10.6. The number of carbonyl (C=O) groups is 1. The van der Waals surface area contributed by atoms with Gasteiger partial charge in [-0.3, -0.25) is 4.79 Å². The van der Waals surface area contributed by atoms with Crippen LogP contribution < -0.4 is 10.2 Å². The van der Waals surface area contributed by atoms with Crippen molar-refractivity contribution in [3.8, 4) is 0 Å². The maximum absolute atomic E-state index is 13.0. The van der Waals surface area contributed by atoms with E-state index < -0.39 is 10.0 Å². The first-order chi connectivity index (χ1) is 12.9. The van der Waals surface area contributed by atoms with Gasteiger partial charge >= 0.3 is 0 Å². The van der Waals surface area contributed by atoms with Crippen molar-refractivity contribution >= 4 is 21.7 Å². The molecule has 0 radical (unpaired) electrons. The Morgan fingerprint density at radius 3 is 2.67 bits per heavy atom. The Labute approximate surface area is 160 Å². The highest BCUT2D eigenvalue weighted by atomic mass is 32.2. The lowest BCUT2D eigenvalue weighted by Crippen LogP contribution is -2.50. The fraction of sp³-hybridized carbons (Fsp3) is 0.556. The molecule has 2 fully saturated rings. The van der Waals surface area contributed by atoms with E-state index in [4.69, 9.17) is 4.74 Å². The van der Waals surface area contributed by atoms with Crippen LogP contribution in [0.5, 0.6) is 0 Å². The molecule has 3 rings (SSSR count). The third-order valence-corrected chi connectivity index (χ3v) is 7.01. The second-order valence-corrected chi connectivity index (χ2v) is 8.74. The molecule has 9 heteroatoms. The summed E-state index contributed by atoms with van der Waals surface area (Å²) in [6, 6.07) is 3.11. The van der Waals surface area contributed by atoms with E-state index in [1.165, 1.54) is 16.6 Å². The van der Waals surface area contributed by atoms with Crippen LogP contribution in [-0.2, 0) is 19.6 Å². The number of anilines is 1. The third-order valence-electron chi connectivity index (χ3n) is 5.01. The summed E-state index contributed by atoms with van der Waals surface area (Å²) in [5, 5.41) is 2.85. The minimum atomic E-state index is -3.62. The summed E-state index contributed by atoms with van der Waals surface area (Å²) in [7, 11) is -3.62. The molecule has 2 atom stereocenters. The number of sulfonamides is 1. The van der Waals surface area contributed by atoms with E-state index in [1.54, 1.807) is 12.1 Å². The zero-order chi connectivity index (χ0) is 19.4. The molecule has 27 heavy (non-hydrogen) atoms. The predicted molar refractivity (Wildman–Crippen MR) is 102 cm³/mol. The largest absolute Gasteiger partial charge is 0.378 e. The number of aromatic nitrogens is 1. The number of piperidine rings is 1. The van der Waals surface area contributed by atoms with Gasteiger partial charge in [0.15, 0.2) is 0 Å². The Balaban J connectivity index is 1.68. The molecule has 8 nitrogen and oxygen atoms in total. The van der Waals surface area contributed by atoms with E-state index in [0.717, 1.165) is 18.9 Å². The first kappa shape index (κ1) is 19.8. The molecule has 0 bridgehead atoms. The number of morpholine rings is 1. The third kappa shape index (κ3) is 4.48. The Morgan fingerprint density at radius 2 is 2.07 bits per heavy atom. The average molecular weight is 394 g/mol. The molecule has 1 amide bonds. The summed E-state index contributed by atoms with van der Waals surface area (Å²) in [6.07, 6.45) is 3.80. The van der Waals surface area contributed by atoms with Crippen LogP contribution in [0.15, 0.2) is 35.9 Å². The number of rotatable bonds is 5. The lowest BCUT2D eigenvalue weighted by molar-refractivity contribution is -0.117. The quantitative estimate of drug-likeness (QED) is 0.742. The van der Waals surface area contributed by atoms with Gasteiger partial charge in [0.25, 0.3) is 0 Å². The fourth-order valence-corrected chi connectivity index (χ4v) is 5.14. The summed E-state index contributed by atoms with van der Waals surface area (Å²) >= 11 is 0. The number of carbonyl (C=O) groups excluding carboxylic acids is 1. The van der Waals surface area contributed by atoms with Crippen molar-refractivity contribution in [1.29, 1.82) is 0 Å². The smallest absolute Gasteiger partial charge is 0.244 e. The minimum absolute atomic E-state index is 0.0428. The van der Waals surface area contributed by atoms with E-state index in [-0.39, 0.29) is 22.9 Å². The normalized spacial score (nSPS) is 24.4. The Morgan fingerprint density at radius 1 is 1.33 bits per heavy atom. The van der Waals surface area contributed by atoms with Crippen molar-refractivity contribution in [1.82, 2.24) is 14.6 Å². The van der Waals surface area contributed by atoms with Gasteiger partial charge in [-0.1, -0.05) is 6.58 Å². The Hall–Kier alpha value is -1.97. The molecule has 2 aliphatic rings. The van der Waals surface area contributed by atoms with Crippen molar-refractivity contribution < 1.29 is 17.9 Å². The van der Waals surface area contributed by atoms with Crippen molar-refractivity contribution in [3.05, 3.63) is 31.0 Å². The molecule has 0 saturated carbocycles. The highest BCUT2D eigenvalue weighted by molar-refractivity contribution is 7.89. The monoisotopic (exact) mass is 394 g/mol. The molecule has 0 aromatic carbocycles. The predicted octanol–water partition coefficient (Wildman–Crippen LogP) is 0.762. The average Bonchev–Trinajstić information content (AvgIpc) is 2.68. The number of pyridine rings is 1. The number of hydrogen-bond acceptors (Lipinski definition) is 6. The van der Waals surface area contributed by atoms with Crippen LogP contribution in [0.1, 0.15) is 19.8 Å². The van der Waals surface area contributed by atoms with Gasteiger partial charge < -0.3 is 15.0 Å². The standard InChI is InChI=1S/C18H26N4O4S/c1-3-18(23)20-15-6-7-22(14(2)12-15)27(24,25)16-4-5-17(19-13-16)21-8-10-26-11-9-21/h3-5,13-15H,1,6-12H2,2H3,(H,20,23). The molecule has 2 aliphatic heterocycles. The highest BCUT2D eigenvalue weighted by Crippen LogP contribution is 2.26. The van der Waals surface area contributed by atoms with E-state index >= 15 is 0 Å². The summed E-state index contributed by atoms with van der Waals surface area (Å²) in [4.78, 5) is 18.1. The number of nitrogens with zero attached hydrogens (tertiary/aromatic N) is 3. The number of amides is 1. The second-order valence-electron chi connectivity index (χ2n) is 6.85. The molecule has 0 aliphatic carbocycles. The Bertz CT molecular complexity index is 775. The van der Waals surface area contributed by atoms with Crippen LogP contribution in [0.3, 0.4) is 0 Å². The van der Waals surface area contributed by atoms with E-state index in [2.05, 4.69) is 21.8 Å². The molecule has 1 N–H and O–H groups in total. The molecule has 2 unspecified atom stereocenters. The van der Waals surface area contributed by atoms with Gasteiger partial charge in [-0.25, -0.2) is 13.4 Å². The van der Waals surface area contributed by atoms with Crippen LogP contribution >= 0.6 is 0 Å². The molecule has 0 spiro atoms. The second kappa shape index (κ2) is 8.37. The van der Waals surface area contributed by atoms with Gasteiger partial charge in [-0.15, -0.1) is 0 Å². The molecule has 1 aromatic rings. The maximum atomic E-state index is 13.0. The molecule has 148 valence electrons. The Kier molecular flexibility index (Phi) is 6.13. The van der Waals surface area contributed by atoms with Crippen LogP contribution in [-0.4, -0.2) is 68.5 Å². The van der Waals surface area contributed by atoms with Crippen molar-refractivity contribution in [2.75, 3.05) is 37.7 Å². The number of hydrogen-bond donors (Lipinski definition) is 1. The van der Waals surface area contributed by atoms with Crippen LogP contribution in [0, 0.1) is 0 Å². The SMILES string of the molecule is C=CC(=O)NC1CCN(S(=O)(=O)c2ccc(N3CCOCC3)nc2)C(C)C1. The van der Waals surface area contributed by atoms with E-state index in [0.29, 0.717) is 32.6 Å². The van der Waals surface area contributed by atoms with Gasteiger partial charge in [-0.05, 0) is 38.0 Å². The topological polar surface area (TPSA) is 91.8 Å². The van der Waals surface area contributed by atoms with Gasteiger partial charge in [0, 0.05) is 37.9 Å². The number of ether oxygens (including phenoxy) is 1. The van der Waals surface area contributed by atoms with Crippen LogP contribution in [0.25, 0.3) is 0 Å². The van der Waals surface area contributed by atoms with Gasteiger partial charge in [0.1, 0.15) is 10.7 Å². The molecular weight excluding hydrogens is 368 g/mol. The number of nitrogens with one attached hydrogen (secondary N) is 1. The fourth-order valence-electron chi connectivity index (χ4n) is 3.54. The summed E-state index contributed by atoms with van der Waals surface area (Å²) in [5.74, 6) is 0.530. The maximum Gasteiger partial charge on any atom is 0.244 e. The zero-order valence-corrected chi connectivity index (χ0v) is 16.3. The van der Waals surface area contributed by atoms with Gasteiger partial charge in [0.2, 0.25) is 15.9 Å². The van der Waals surface area contributed by atoms with Gasteiger partial charge in [0.05, 0.1) is 13.2 Å². The van der Waals surface area contributed by atoms with Crippen LogP contribution in [0.2, 0.25) is 0 Å². The lowest BCUT2D eigenvalue weighted by Gasteiger charge is -2.36. The zero-order valence-electron chi connectivity index (χ0n) is 15.5.